The molecule has 4 rings (SSSR count). The summed E-state index contributed by atoms with van der Waals surface area (Å²) in [5.74, 6) is 3.51. The maximum absolute atomic E-state index is 5.51. The van der Waals surface area contributed by atoms with Gasteiger partial charge in [-0.05, 0) is 31.0 Å². The van der Waals surface area contributed by atoms with Gasteiger partial charge in [0.25, 0.3) is 0 Å². The zero-order chi connectivity index (χ0) is 20.1. The van der Waals surface area contributed by atoms with E-state index >= 15 is 0 Å². The van der Waals surface area contributed by atoms with Crippen LogP contribution >= 0.6 is 0 Å². The van der Waals surface area contributed by atoms with Gasteiger partial charge < -0.3 is 19.7 Å². The van der Waals surface area contributed by atoms with Gasteiger partial charge in [0.1, 0.15) is 17.3 Å². The van der Waals surface area contributed by atoms with Crippen molar-refractivity contribution in [3.05, 3.63) is 36.0 Å². The van der Waals surface area contributed by atoms with E-state index in [1.54, 1.807) is 14.2 Å². The summed E-state index contributed by atoms with van der Waals surface area (Å²) in [5.41, 5.74) is 1.09. The standard InChI is InChI=1S/C22H31N5O2/c1-28-19-8-7-9-20(29-2)18(19)16-26-14-17(15-26)24-22-23-11-10-21(25-22)27-12-5-3-4-6-13-27/h7-11,17H,3-6,12-16H2,1-2H3,(H,23,24,25). The molecule has 1 aromatic heterocycles. The molecule has 0 amide bonds. The Bertz CT molecular complexity index is 779. The van der Waals surface area contributed by atoms with E-state index in [1.165, 1.54) is 25.7 Å². The van der Waals surface area contributed by atoms with Gasteiger partial charge in [0, 0.05) is 38.9 Å². The molecule has 2 aliphatic heterocycles. The maximum atomic E-state index is 5.51. The zero-order valence-corrected chi connectivity index (χ0v) is 17.4. The summed E-state index contributed by atoms with van der Waals surface area (Å²) in [6.45, 7) is 4.87. The number of aromatic nitrogens is 2. The molecule has 2 aliphatic rings. The van der Waals surface area contributed by atoms with Gasteiger partial charge in [0.05, 0.1) is 25.8 Å². The highest BCUT2D eigenvalue weighted by Gasteiger charge is 2.29. The lowest BCUT2D eigenvalue weighted by Gasteiger charge is -2.40. The Balaban J connectivity index is 1.33. The normalized spacial score (nSPS) is 18.1. The van der Waals surface area contributed by atoms with Gasteiger partial charge in [-0.2, -0.15) is 4.98 Å². The lowest BCUT2D eigenvalue weighted by molar-refractivity contribution is 0.149. The van der Waals surface area contributed by atoms with Crippen LogP contribution in [0.25, 0.3) is 0 Å². The molecule has 1 aromatic carbocycles. The van der Waals surface area contributed by atoms with Crippen molar-refractivity contribution in [1.29, 1.82) is 0 Å². The summed E-state index contributed by atoms with van der Waals surface area (Å²) in [5, 5.41) is 3.49. The first-order chi connectivity index (χ1) is 14.3. The number of anilines is 2. The molecule has 0 bridgehead atoms. The summed E-state index contributed by atoms with van der Waals surface area (Å²) in [7, 11) is 3.40. The Morgan fingerprint density at radius 1 is 1.00 bits per heavy atom. The van der Waals surface area contributed by atoms with Crippen molar-refractivity contribution in [2.24, 2.45) is 0 Å². The number of likely N-dealkylation sites (tertiary alicyclic amines) is 1. The quantitative estimate of drug-likeness (QED) is 0.770. The molecule has 0 saturated carbocycles. The smallest absolute Gasteiger partial charge is 0.224 e. The summed E-state index contributed by atoms with van der Waals surface area (Å²) in [6, 6.07) is 8.30. The molecule has 0 radical (unpaired) electrons. The van der Waals surface area contributed by atoms with Gasteiger partial charge >= 0.3 is 0 Å². The number of methoxy groups -OCH3 is 2. The average Bonchev–Trinajstić information content (AvgIpc) is 3.02. The van der Waals surface area contributed by atoms with Crippen LogP contribution in [0, 0.1) is 0 Å². The van der Waals surface area contributed by atoms with Gasteiger partial charge in [0.15, 0.2) is 0 Å². The first-order valence-electron chi connectivity index (χ1n) is 10.5. The molecule has 156 valence electrons. The molecular weight excluding hydrogens is 366 g/mol. The summed E-state index contributed by atoms with van der Waals surface area (Å²) >= 11 is 0. The van der Waals surface area contributed by atoms with Crippen LogP contribution in [0.3, 0.4) is 0 Å². The van der Waals surface area contributed by atoms with Crippen LogP contribution in [0.1, 0.15) is 31.2 Å². The van der Waals surface area contributed by atoms with E-state index in [2.05, 4.69) is 20.1 Å². The largest absolute Gasteiger partial charge is 0.496 e. The minimum atomic E-state index is 0.357. The zero-order valence-electron chi connectivity index (χ0n) is 17.4. The molecule has 0 unspecified atom stereocenters. The maximum Gasteiger partial charge on any atom is 0.224 e. The van der Waals surface area contributed by atoms with Crippen molar-refractivity contribution >= 4 is 11.8 Å². The molecule has 29 heavy (non-hydrogen) atoms. The van der Waals surface area contributed by atoms with Gasteiger partial charge in [0.2, 0.25) is 5.95 Å². The van der Waals surface area contributed by atoms with Gasteiger partial charge in [-0.3, -0.25) is 4.90 Å². The molecule has 7 heteroatoms. The van der Waals surface area contributed by atoms with Crippen molar-refractivity contribution in [1.82, 2.24) is 14.9 Å². The van der Waals surface area contributed by atoms with Crippen LogP contribution in [0.4, 0.5) is 11.8 Å². The molecule has 0 aliphatic carbocycles. The molecule has 2 aromatic rings. The highest BCUT2D eigenvalue weighted by molar-refractivity contribution is 5.45. The molecule has 2 fully saturated rings. The Kier molecular flexibility index (Phi) is 6.34. The fourth-order valence-corrected chi connectivity index (χ4v) is 4.17. The van der Waals surface area contributed by atoms with Crippen molar-refractivity contribution in [3.63, 3.8) is 0 Å². The summed E-state index contributed by atoms with van der Waals surface area (Å²) in [4.78, 5) is 14.0. The van der Waals surface area contributed by atoms with Crippen LogP contribution in [0.15, 0.2) is 30.5 Å². The summed E-state index contributed by atoms with van der Waals surface area (Å²) in [6.07, 6.45) is 7.00. The van der Waals surface area contributed by atoms with E-state index in [0.717, 1.165) is 61.6 Å². The monoisotopic (exact) mass is 397 g/mol. The Morgan fingerprint density at radius 2 is 1.69 bits per heavy atom. The van der Waals surface area contributed by atoms with E-state index in [0.29, 0.717) is 6.04 Å². The Morgan fingerprint density at radius 3 is 2.34 bits per heavy atom. The fraction of sp³-hybridized carbons (Fsp3) is 0.545. The highest BCUT2D eigenvalue weighted by Crippen LogP contribution is 2.31. The van der Waals surface area contributed by atoms with Crippen LogP contribution in [-0.4, -0.2) is 61.3 Å². The van der Waals surface area contributed by atoms with Crippen molar-refractivity contribution in [2.45, 2.75) is 38.3 Å². The predicted molar refractivity (Wildman–Crippen MR) is 115 cm³/mol. The average molecular weight is 398 g/mol. The first-order valence-corrected chi connectivity index (χ1v) is 10.5. The Labute approximate surface area is 173 Å². The van der Waals surface area contributed by atoms with Crippen molar-refractivity contribution < 1.29 is 9.47 Å². The Hall–Kier alpha value is -2.54. The fourth-order valence-electron chi connectivity index (χ4n) is 4.17. The second-order valence-electron chi connectivity index (χ2n) is 7.82. The predicted octanol–water partition coefficient (Wildman–Crippen LogP) is 3.17. The van der Waals surface area contributed by atoms with Crippen LogP contribution in [0.5, 0.6) is 11.5 Å². The molecule has 2 saturated heterocycles. The number of hydrogen-bond donors (Lipinski definition) is 1. The van der Waals surface area contributed by atoms with Gasteiger partial charge in [-0.25, -0.2) is 4.98 Å². The van der Waals surface area contributed by atoms with Crippen LogP contribution < -0.4 is 19.7 Å². The summed E-state index contributed by atoms with van der Waals surface area (Å²) < 4.78 is 11.0. The van der Waals surface area contributed by atoms with Gasteiger partial charge in [-0.1, -0.05) is 18.9 Å². The number of rotatable bonds is 7. The van der Waals surface area contributed by atoms with Crippen molar-refractivity contribution in [2.75, 3.05) is 50.6 Å². The van der Waals surface area contributed by atoms with Crippen LogP contribution in [-0.2, 0) is 6.54 Å². The molecular formula is C22H31N5O2. The van der Waals surface area contributed by atoms with Crippen molar-refractivity contribution in [3.8, 4) is 11.5 Å². The minimum absolute atomic E-state index is 0.357. The van der Waals surface area contributed by atoms with E-state index in [-0.39, 0.29) is 0 Å². The third-order valence-corrected chi connectivity index (χ3v) is 5.77. The van der Waals surface area contributed by atoms with E-state index in [9.17, 15) is 0 Å². The van der Waals surface area contributed by atoms with E-state index < -0.39 is 0 Å². The molecule has 0 spiro atoms. The van der Waals surface area contributed by atoms with E-state index in [4.69, 9.17) is 14.5 Å². The number of benzene rings is 1. The molecule has 3 heterocycles. The number of hydrogen-bond acceptors (Lipinski definition) is 7. The SMILES string of the molecule is COc1cccc(OC)c1CN1CC(Nc2nccc(N3CCCCCC3)n2)C1. The van der Waals surface area contributed by atoms with Gasteiger partial charge in [-0.15, -0.1) is 0 Å². The highest BCUT2D eigenvalue weighted by atomic mass is 16.5. The van der Waals surface area contributed by atoms with E-state index in [1.807, 2.05) is 30.5 Å². The topological polar surface area (TPSA) is 62.8 Å². The second kappa shape index (κ2) is 9.31. The molecule has 0 atom stereocenters. The molecule has 1 N–H and O–H groups in total. The minimum Gasteiger partial charge on any atom is -0.496 e. The third kappa shape index (κ3) is 4.72. The number of nitrogens with one attached hydrogen (secondary N) is 1. The lowest BCUT2D eigenvalue weighted by Crippen LogP contribution is -2.54. The number of nitrogens with zero attached hydrogens (tertiary/aromatic N) is 4. The molecule has 7 nitrogen and oxygen atoms in total. The van der Waals surface area contributed by atoms with Crippen LogP contribution in [0.2, 0.25) is 0 Å². The number of ether oxygens (including phenoxy) is 2. The first kappa shape index (κ1) is 19.8. The third-order valence-electron chi connectivity index (χ3n) is 5.77. The second-order valence-corrected chi connectivity index (χ2v) is 7.82. The lowest BCUT2D eigenvalue weighted by atomic mass is 10.1.